The minimum atomic E-state index is -5.70. The number of halogens is 18. The van der Waals surface area contributed by atoms with Crippen LogP contribution in [0.3, 0.4) is 0 Å². The summed E-state index contributed by atoms with van der Waals surface area (Å²) >= 11 is 0. The van der Waals surface area contributed by atoms with Crippen LogP contribution in [0, 0.1) is 80.8 Å². The van der Waals surface area contributed by atoms with E-state index >= 15 is 0 Å². The fraction of sp³-hybridized carbons (Fsp3) is 0.983. The minimum Gasteiger partial charge on any atom is -0.458 e. The average molecular weight is 1270 g/mol. The summed E-state index contributed by atoms with van der Waals surface area (Å²) in [7, 11) is 0. The molecule has 0 saturated heterocycles. The number of fused-ring (bicyclic) bond motifs is 2. The van der Waals surface area contributed by atoms with Crippen LogP contribution in [0.15, 0.2) is 0 Å². The molecule has 0 spiro atoms. The lowest BCUT2D eigenvalue weighted by atomic mass is 9.43. The van der Waals surface area contributed by atoms with Crippen molar-refractivity contribution >= 4 is 5.97 Å². The summed E-state index contributed by atoms with van der Waals surface area (Å²) in [5.74, 6) is 0.816. The summed E-state index contributed by atoms with van der Waals surface area (Å²) in [5, 5.41) is 31.6. The molecule has 0 radical (unpaired) electrons. The monoisotopic (exact) mass is 1270 g/mol. The van der Waals surface area contributed by atoms with Gasteiger partial charge in [-0.3, -0.25) is 5.26 Å². The first-order valence-electron chi connectivity index (χ1n) is 29.5. The van der Waals surface area contributed by atoms with E-state index < -0.39 is 132 Å². The van der Waals surface area contributed by atoms with Crippen LogP contribution in [-0.2, 0) is 28.6 Å². The van der Waals surface area contributed by atoms with Gasteiger partial charge < -0.3 is 29.2 Å². The standard InChI is InChI=1S/C20H30F6O.C19H28F6O5.C19H28F6O3/c1-4-17(2,11-27-16(19(21,22)23)20(24,25)26)10-18(3)14-6-12-5-13(8-14)9-15(18)7-12;1-3-14(2,10-29-13(18(20,21)22)19(23,24)25)12(30-28)15-4-11-5-16(26,7-15)9-17(27,6-11)8-15;1-10-11(2)14-7-12(10)6-13(14)8-17(18(20,21)22,19(23,24)25)27-9-15(26)28-16(3,4)5/h12-16H,4-11H2,1-3H3;11-13,26-28H,3-10H2,1-2H3;10-14H,6-9H2,1-5H3. The van der Waals surface area contributed by atoms with Crippen molar-refractivity contribution in [1.29, 1.82) is 0 Å². The number of carbonyl (C=O) groups excluding carboxylic acids is 1. The Morgan fingerprint density at radius 3 is 1.41 bits per heavy atom. The number of carbonyl (C=O) groups is 1. The highest BCUT2D eigenvalue weighted by molar-refractivity contribution is 5.71. The lowest BCUT2D eigenvalue weighted by molar-refractivity contribution is -0.385. The van der Waals surface area contributed by atoms with E-state index in [0.717, 1.165) is 37.5 Å². The molecule has 10 fully saturated rings. The van der Waals surface area contributed by atoms with Crippen molar-refractivity contribution in [2.75, 3.05) is 19.8 Å². The summed E-state index contributed by atoms with van der Waals surface area (Å²) in [4.78, 5) is 16.5. The van der Waals surface area contributed by atoms with E-state index in [2.05, 4.69) is 21.1 Å². The van der Waals surface area contributed by atoms with Gasteiger partial charge in [0.2, 0.25) is 12.2 Å². The van der Waals surface area contributed by atoms with Crippen molar-refractivity contribution in [2.45, 2.75) is 256 Å². The maximum atomic E-state index is 13.7. The van der Waals surface area contributed by atoms with Crippen LogP contribution in [0.2, 0.25) is 0 Å². The van der Waals surface area contributed by atoms with E-state index in [0.29, 0.717) is 56.8 Å². The number of aliphatic hydroxyl groups is 2. The van der Waals surface area contributed by atoms with Gasteiger partial charge in [0.25, 0.3) is 5.60 Å². The average Bonchev–Trinajstić information content (AvgIpc) is 1.23. The molecule has 85 heavy (non-hydrogen) atoms. The van der Waals surface area contributed by atoms with Crippen LogP contribution >= 0.6 is 0 Å². The van der Waals surface area contributed by atoms with E-state index in [-0.39, 0.29) is 60.7 Å². The molecule has 0 aromatic carbocycles. The van der Waals surface area contributed by atoms with Crippen LogP contribution in [0.5, 0.6) is 0 Å². The van der Waals surface area contributed by atoms with E-state index in [4.69, 9.17) is 9.62 Å². The van der Waals surface area contributed by atoms with Crippen LogP contribution in [0.4, 0.5) is 79.0 Å². The molecule has 27 heteroatoms. The van der Waals surface area contributed by atoms with Gasteiger partial charge in [-0.1, -0.05) is 48.5 Å². The molecule has 9 nitrogen and oxygen atoms in total. The van der Waals surface area contributed by atoms with Gasteiger partial charge in [-0.15, -0.1) is 0 Å². The molecule has 10 rings (SSSR count). The first-order chi connectivity index (χ1) is 38.2. The predicted octanol–water partition coefficient (Wildman–Crippen LogP) is 16.5. The number of alkyl halides is 18. The lowest BCUT2D eigenvalue weighted by Crippen LogP contribution is -2.68. The number of esters is 1. The van der Waals surface area contributed by atoms with Gasteiger partial charge in [0.1, 0.15) is 18.3 Å². The van der Waals surface area contributed by atoms with Crippen LogP contribution in [-0.4, -0.2) is 119 Å². The van der Waals surface area contributed by atoms with E-state index in [9.17, 15) is 99.3 Å². The zero-order chi connectivity index (χ0) is 64.8. The second-order valence-corrected chi connectivity index (χ2v) is 29.3. The molecule has 10 aliphatic carbocycles. The summed E-state index contributed by atoms with van der Waals surface area (Å²) in [5.41, 5.74) is -11.0. The van der Waals surface area contributed by atoms with Crippen LogP contribution in [0.25, 0.3) is 0 Å². The topological polar surface area (TPSA) is 124 Å². The Balaban J connectivity index is 0.000000205. The summed E-state index contributed by atoms with van der Waals surface area (Å²) < 4.78 is 255. The Kier molecular flexibility index (Phi) is 20.5. The summed E-state index contributed by atoms with van der Waals surface area (Å²) in [6.07, 6.45) is -33.8. The Bertz CT molecular complexity index is 2170. The Hall–Kier alpha value is -2.07. The van der Waals surface area contributed by atoms with Crippen molar-refractivity contribution in [3.8, 4) is 0 Å². The molecule has 0 heterocycles. The Labute approximate surface area is 485 Å². The normalized spacial score (nSPS) is 36.4. The zero-order valence-corrected chi connectivity index (χ0v) is 49.7. The summed E-state index contributed by atoms with van der Waals surface area (Å²) in [6.45, 7) is 14.1. The molecule has 0 aliphatic heterocycles. The molecular formula is C58H86F18O9. The first-order valence-corrected chi connectivity index (χ1v) is 29.5. The van der Waals surface area contributed by atoms with Gasteiger partial charge >= 0.3 is 43.0 Å². The molecule has 498 valence electrons. The zero-order valence-electron chi connectivity index (χ0n) is 49.7. The van der Waals surface area contributed by atoms with Crippen LogP contribution in [0.1, 0.15) is 178 Å². The van der Waals surface area contributed by atoms with Gasteiger partial charge in [0.05, 0.1) is 24.4 Å². The highest BCUT2D eigenvalue weighted by atomic mass is 19.4. The fourth-order valence-electron chi connectivity index (χ4n) is 18.0. The van der Waals surface area contributed by atoms with Crippen LogP contribution < -0.4 is 0 Å². The predicted molar refractivity (Wildman–Crippen MR) is 271 cm³/mol. The number of hydrogen-bond donors (Lipinski definition) is 3. The van der Waals surface area contributed by atoms with E-state index in [1.54, 1.807) is 13.8 Å². The highest BCUT2D eigenvalue weighted by Crippen LogP contribution is 2.68. The molecule has 10 bridgehead atoms. The third-order valence-corrected chi connectivity index (χ3v) is 21.5. The number of hydrogen-bond acceptors (Lipinski definition) is 9. The molecular weight excluding hydrogens is 1180 g/mol. The van der Waals surface area contributed by atoms with Crippen molar-refractivity contribution < 1.29 is 123 Å². The third kappa shape index (κ3) is 15.6. The molecule has 10 aliphatic rings. The fourth-order valence-corrected chi connectivity index (χ4v) is 18.0. The van der Waals surface area contributed by atoms with Crippen molar-refractivity contribution in [2.24, 2.45) is 80.8 Å². The molecule has 0 aromatic rings. The van der Waals surface area contributed by atoms with Gasteiger partial charge in [-0.05, 0) is 194 Å². The largest absolute Gasteiger partial charge is 0.458 e. The molecule has 3 N–H and O–H groups in total. The maximum Gasteiger partial charge on any atom is 0.426 e. The Morgan fingerprint density at radius 2 is 1.05 bits per heavy atom. The van der Waals surface area contributed by atoms with Gasteiger partial charge in [0, 0.05) is 17.3 Å². The third-order valence-electron chi connectivity index (χ3n) is 21.5. The number of rotatable bonds is 18. The number of ether oxygens (including phenoxy) is 4. The van der Waals surface area contributed by atoms with Gasteiger partial charge in [0.15, 0.2) is 0 Å². The van der Waals surface area contributed by atoms with Gasteiger partial charge in [-0.25, -0.2) is 9.68 Å². The first kappa shape index (κ1) is 72.0. The molecule has 10 atom stereocenters. The maximum absolute atomic E-state index is 13.7. The second-order valence-electron chi connectivity index (χ2n) is 29.3. The minimum absolute atomic E-state index is 0.00645. The molecule has 10 saturated carbocycles. The smallest absolute Gasteiger partial charge is 0.426 e. The quantitative estimate of drug-likeness (QED) is 0.0533. The van der Waals surface area contributed by atoms with E-state index in [1.807, 2.05) is 20.8 Å². The highest BCUT2D eigenvalue weighted by Gasteiger charge is 2.74. The van der Waals surface area contributed by atoms with Gasteiger partial charge in [-0.2, -0.15) is 79.0 Å². The SMILES string of the molecule is CC1C2CC(CC(OCC(=O)OC(C)(C)C)(C(F)(F)F)C(F)(F)F)C(C2)C1C.CCC(C)(COC(C(F)(F)F)C(F)(F)F)C(OO)C12CC3CC(O)(CC(O)(C3)C1)C2.CCC(C)(COC(C(F)(F)F)C(F)(F)F)CC1(C)C2CC3CC(C2)CC1C3. The van der Waals surface area contributed by atoms with E-state index in [1.165, 1.54) is 34.1 Å². The van der Waals surface area contributed by atoms with Crippen molar-refractivity contribution in [1.82, 2.24) is 0 Å². The molecule has 0 aromatic heterocycles. The summed E-state index contributed by atoms with van der Waals surface area (Å²) in [6, 6.07) is 0. The van der Waals surface area contributed by atoms with Crippen molar-refractivity contribution in [3.05, 3.63) is 0 Å². The van der Waals surface area contributed by atoms with Crippen molar-refractivity contribution in [3.63, 3.8) is 0 Å². The molecule has 10 unspecified atom stereocenters. The second kappa shape index (κ2) is 24.2. The lowest BCUT2D eigenvalue weighted by Gasteiger charge is -2.66. The Morgan fingerprint density at radius 1 is 0.588 bits per heavy atom. The molecule has 0 amide bonds.